The van der Waals surface area contributed by atoms with Gasteiger partial charge in [0.1, 0.15) is 0 Å². The number of halogens is 2. The molecule has 108 valence electrons. The first kappa shape index (κ1) is 14.6. The lowest BCUT2D eigenvalue weighted by Gasteiger charge is -2.30. The van der Waals surface area contributed by atoms with Gasteiger partial charge in [-0.05, 0) is 64.7 Å². The van der Waals surface area contributed by atoms with Crippen LogP contribution in [0, 0.1) is 0 Å². The minimum atomic E-state index is -0.00488. The second-order valence-electron chi connectivity index (χ2n) is 5.07. The fourth-order valence-corrected chi connectivity index (χ4v) is 3.39. The number of benzene rings is 2. The van der Waals surface area contributed by atoms with Crippen molar-refractivity contribution in [1.29, 1.82) is 0 Å². The molecule has 1 amide bonds. The maximum Gasteiger partial charge on any atom is 0.259 e. The highest BCUT2D eigenvalue weighted by Gasteiger charge is 2.25. The van der Waals surface area contributed by atoms with E-state index < -0.39 is 0 Å². The summed E-state index contributed by atoms with van der Waals surface area (Å²) in [6.07, 6.45) is 1.95. The highest BCUT2D eigenvalue weighted by Crippen LogP contribution is 2.32. The predicted molar refractivity (Wildman–Crippen MR) is 92.7 cm³/mol. The standard InChI is InChI=1S/C16H14Br2N2O/c17-11-4-6-14(18)13(8-11)16(21)20-7-1-2-10-3-5-12(19)9-15(10)20/h3-6,8-9H,1-2,7,19H2. The van der Waals surface area contributed by atoms with Gasteiger partial charge in [-0.1, -0.05) is 22.0 Å². The normalized spacial score (nSPS) is 13.9. The SMILES string of the molecule is Nc1ccc2c(c1)N(C(=O)c1cc(Br)ccc1Br)CCC2. The van der Waals surface area contributed by atoms with Gasteiger partial charge in [-0.3, -0.25) is 4.79 Å². The van der Waals surface area contributed by atoms with E-state index in [4.69, 9.17) is 5.73 Å². The fraction of sp³-hybridized carbons (Fsp3) is 0.188. The van der Waals surface area contributed by atoms with Crippen molar-refractivity contribution in [3.63, 3.8) is 0 Å². The number of aryl methyl sites for hydroxylation is 1. The lowest BCUT2D eigenvalue weighted by Crippen LogP contribution is -2.35. The summed E-state index contributed by atoms with van der Waals surface area (Å²) < 4.78 is 1.69. The number of anilines is 2. The van der Waals surface area contributed by atoms with E-state index >= 15 is 0 Å². The van der Waals surface area contributed by atoms with Crippen LogP contribution in [0.4, 0.5) is 11.4 Å². The van der Waals surface area contributed by atoms with E-state index in [9.17, 15) is 4.79 Å². The minimum Gasteiger partial charge on any atom is -0.399 e. The average Bonchev–Trinajstić information content (AvgIpc) is 2.48. The van der Waals surface area contributed by atoms with Gasteiger partial charge in [0.05, 0.1) is 5.56 Å². The van der Waals surface area contributed by atoms with Gasteiger partial charge in [0, 0.05) is 26.9 Å². The Bertz CT molecular complexity index is 715. The Balaban J connectivity index is 2.04. The molecule has 0 aromatic heterocycles. The molecule has 0 bridgehead atoms. The first-order valence-corrected chi connectivity index (χ1v) is 8.30. The third-order valence-electron chi connectivity index (χ3n) is 3.63. The first-order chi connectivity index (χ1) is 10.1. The molecule has 3 nitrogen and oxygen atoms in total. The topological polar surface area (TPSA) is 46.3 Å². The van der Waals surface area contributed by atoms with Crippen LogP contribution in [0.1, 0.15) is 22.3 Å². The van der Waals surface area contributed by atoms with Crippen LogP contribution in [-0.2, 0) is 6.42 Å². The zero-order valence-corrected chi connectivity index (χ0v) is 14.4. The predicted octanol–water partition coefficient (Wildman–Crippen LogP) is 4.39. The molecule has 2 N–H and O–H groups in total. The van der Waals surface area contributed by atoms with Crippen LogP contribution >= 0.6 is 31.9 Å². The van der Waals surface area contributed by atoms with E-state index in [1.54, 1.807) is 0 Å². The molecular formula is C16H14Br2N2O. The number of amides is 1. The number of hydrogen-bond acceptors (Lipinski definition) is 2. The van der Waals surface area contributed by atoms with E-state index in [2.05, 4.69) is 31.9 Å². The van der Waals surface area contributed by atoms with E-state index in [0.29, 0.717) is 17.8 Å². The second kappa shape index (κ2) is 5.81. The number of carbonyl (C=O) groups is 1. The number of carbonyl (C=O) groups excluding carboxylic acids is 1. The molecule has 1 aliphatic rings. The van der Waals surface area contributed by atoms with Crippen molar-refractivity contribution < 1.29 is 4.79 Å². The zero-order chi connectivity index (χ0) is 15.0. The van der Waals surface area contributed by atoms with E-state index in [1.807, 2.05) is 41.3 Å². The molecule has 5 heteroatoms. The van der Waals surface area contributed by atoms with E-state index in [0.717, 1.165) is 27.5 Å². The Kier molecular flexibility index (Phi) is 4.04. The molecule has 0 unspecified atom stereocenters. The van der Waals surface area contributed by atoms with Gasteiger partial charge >= 0.3 is 0 Å². The fourth-order valence-electron chi connectivity index (χ4n) is 2.61. The first-order valence-electron chi connectivity index (χ1n) is 6.71. The van der Waals surface area contributed by atoms with Gasteiger partial charge in [0.15, 0.2) is 0 Å². The lowest BCUT2D eigenvalue weighted by atomic mass is 10.00. The molecule has 0 radical (unpaired) electrons. The summed E-state index contributed by atoms with van der Waals surface area (Å²) in [7, 11) is 0. The van der Waals surface area contributed by atoms with Gasteiger partial charge in [0.25, 0.3) is 5.91 Å². The van der Waals surface area contributed by atoms with E-state index in [-0.39, 0.29) is 5.91 Å². The minimum absolute atomic E-state index is 0.00488. The van der Waals surface area contributed by atoms with Crippen molar-refractivity contribution >= 4 is 49.1 Å². The van der Waals surface area contributed by atoms with Crippen molar-refractivity contribution in [2.24, 2.45) is 0 Å². The zero-order valence-electron chi connectivity index (χ0n) is 11.3. The largest absolute Gasteiger partial charge is 0.399 e. The van der Waals surface area contributed by atoms with Gasteiger partial charge in [-0.15, -0.1) is 0 Å². The number of rotatable bonds is 1. The van der Waals surface area contributed by atoms with Crippen LogP contribution in [0.2, 0.25) is 0 Å². The number of nitrogens with two attached hydrogens (primary N) is 1. The summed E-state index contributed by atoms with van der Waals surface area (Å²) in [5.41, 5.74) is 9.32. The van der Waals surface area contributed by atoms with Crippen molar-refractivity contribution in [3.05, 3.63) is 56.5 Å². The molecule has 0 spiro atoms. The Morgan fingerprint density at radius 2 is 1.95 bits per heavy atom. The Morgan fingerprint density at radius 3 is 2.76 bits per heavy atom. The molecule has 1 aliphatic heterocycles. The molecule has 0 fully saturated rings. The molecule has 0 saturated heterocycles. The summed E-state index contributed by atoms with van der Waals surface area (Å²) in [5.74, 6) is -0.00488. The van der Waals surface area contributed by atoms with Crippen LogP contribution in [0.5, 0.6) is 0 Å². The van der Waals surface area contributed by atoms with Crippen LogP contribution in [0.3, 0.4) is 0 Å². The maximum atomic E-state index is 12.9. The van der Waals surface area contributed by atoms with Gasteiger partial charge < -0.3 is 10.6 Å². The molecule has 2 aromatic rings. The Morgan fingerprint density at radius 1 is 1.14 bits per heavy atom. The molecule has 1 heterocycles. The van der Waals surface area contributed by atoms with E-state index in [1.165, 1.54) is 5.56 Å². The monoisotopic (exact) mass is 408 g/mol. The third-order valence-corrected chi connectivity index (χ3v) is 4.82. The number of fused-ring (bicyclic) bond motifs is 1. The van der Waals surface area contributed by atoms with Gasteiger partial charge in [0.2, 0.25) is 0 Å². The van der Waals surface area contributed by atoms with Crippen LogP contribution in [0.25, 0.3) is 0 Å². The highest BCUT2D eigenvalue weighted by atomic mass is 79.9. The lowest BCUT2D eigenvalue weighted by molar-refractivity contribution is 0.0984. The summed E-state index contributed by atoms with van der Waals surface area (Å²) in [5, 5.41) is 0. The second-order valence-corrected chi connectivity index (χ2v) is 6.84. The molecule has 0 atom stereocenters. The smallest absolute Gasteiger partial charge is 0.259 e. The van der Waals surface area contributed by atoms with Gasteiger partial charge in [-0.2, -0.15) is 0 Å². The van der Waals surface area contributed by atoms with Crippen molar-refractivity contribution in [3.8, 4) is 0 Å². The summed E-state index contributed by atoms with van der Waals surface area (Å²) in [6.45, 7) is 0.717. The molecular weight excluding hydrogens is 396 g/mol. The average molecular weight is 410 g/mol. The Hall–Kier alpha value is -1.33. The summed E-state index contributed by atoms with van der Waals surface area (Å²) in [4.78, 5) is 14.7. The van der Waals surface area contributed by atoms with Crippen LogP contribution in [-0.4, -0.2) is 12.5 Å². The quantitative estimate of drug-likeness (QED) is 0.710. The highest BCUT2D eigenvalue weighted by molar-refractivity contribution is 9.11. The van der Waals surface area contributed by atoms with Crippen LogP contribution in [0.15, 0.2) is 45.3 Å². The Labute approximate surface area is 140 Å². The molecule has 21 heavy (non-hydrogen) atoms. The molecule has 2 aromatic carbocycles. The third kappa shape index (κ3) is 2.85. The maximum absolute atomic E-state index is 12.9. The molecule has 0 aliphatic carbocycles. The van der Waals surface area contributed by atoms with Crippen molar-refractivity contribution in [1.82, 2.24) is 0 Å². The van der Waals surface area contributed by atoms with Crippen molar-refractivity contribution in [2.75, 3.05) is 17.2 Å². The summed E-state index contributed by atoms with van der Waals surface area (Å²) in [6, 6.07) is 11.4. The van der Waals surface area contributed by atoms with Crippen LogP contribution < -0.4 is 10.6 Å². The molecule has 0 saturated carbocycles. The number of hydrogen-bond donors (Lipinski definition) is 1. The van der Waals surface area contributed by atoms with Crippen molar-refractivity contribution in [2.45, 2.75) is 12.8 Å². The summed E-state index contributed by atoms with van der Waals surface area (Å²) >= 11 is 6.88. The van der Waals surface area contributed by atoms with Gasteiger partial charge in [-0.25, -0.2) is 0 Å². The number of nitrogen functional groups attached to an aromatic ring is 1. The molecule has 3 rings (SSSR count). The number of nitrogens with zero attached hydrogens (tertiary/aromatic N) is 1.